The van der Waals surface area contributed by atoms with Gasteiger partial charge in [0.1, 0.15) is 0 Å². The molecular weight excluding hydrogens is 183 g/mol. The molecule has 90 valence electrons. The Morgan fingerprint density at radius 3 is 1.36 bits per heavy atom. The Kier molecular flexibility index (Phi) is 25.8. The summed E-state index contributed by atoms with van der Waals surface area (Å²) in [6.45, 7) is 5.87. The summed E-state index contributed by atoms with van der Waals surface area (Å²) in [6.07, 6.45) is 7.17. The Bertz CT molecular complexity index is 69.7. The lowest BCUT2D eigenvalue weighted by Gasteiger charge is -2.02. The summed E-state index contributed by atoms with van der Waals surface area (Å²) in [6, 6.07) is 0. The zero-order valence-electron chi connectivity index (χ0n) is 8.88. The smallest absolute Gasteiger partial charge is 0.0822 e. The van der Waals surface area contributed by atoms with Gasteiger partial charge >= 0.3 is 0 Å². The monoisotopic (exact) mass is 210 g/mol. The second-order valence-corrected chi connectivity index (χ2v) is 3.06. The van der Waals surface area contributed by atoms with Crippen molar-refractivity contribution in [3.63, 3.8) is 0 Å². The second-order valence-electron chi connectivity index (χ2n) is 3.06. The van der Waals surface area contributed by atoms with E-state index in [1.807, 2.05) is 0 Å². The van der Waals surface area contributed by atoms with Crippen LogP contribution in [0.3, 0.4) is 0 Å². The molecule has 0 unspecified atom stereocenters. The van der Waals surface area contributed by atoms with Crippen LogP contribution in [0.4, 0.5) is 4.70 Å². The fourth-order valence-corrected chi connectivity index (χ4v) is 0.940. The molecule has 0 aromatic heterocycles. The fraction of sp³-hybridized carbons (Fsp3) is 1.00. The van der Waals surface area contributed by atoms with Crippen LogP contribution in [0.15, 0.2) is 0 Å². The van der Waals surface area contributed by atoms with Crippen molar-refractivity contribution in [2.24, 2.45) is 0 Å². The normalized spacial score (nSPS) is 9.00. The van der Waals surface area contributed by atoms with Crippen LogP contribution >= 0.6 is 0 Å². The molecule has 0 N–H and O–H groups in total. The van der Waals surface area contributed by atoms with Gasteiger partial charge in [0.05, 0.1) is 13.2 Å². The van der Waals surface area contributed by atoms with Crippen molar-refractivity contribution in [3.05, 3.63) is 0 Å². The summed E-state index contributed by atoms with van der Waals surface area (Å²) in [5, 5.41) is 0. The van der Waals surface area contributed by atoms with E-state index in [2.05, 4.69) is 13.8 Å². The average Bonchev–Trinajstić information content (AvgIpc) is 2.10. The first-order valence-corrected chi connectivity index (χ1v) is 5.16. The maximum Gasteiger partial charge on any atom is 0.0822 e. The molecule has 0 heterocycles. The van der Waals surface area contributed by atoms with Crippen molar-refractivity contribution in [2.75, 3.05) is 13.2 Å². The van der Waals surface area contributed by atoms with Crippen LogP contribution in [-0.2, 0) is 9.78 Å². The van der Waals surface area contributed by atoms with Gasteiger partial charge in [-0.15, -0.1) is 0 Å². The number of unbranched alkanes of at least 4 members (excludes halogenated alkanes) is 4. The van der Waals surface area contributed by atoms with Crippen LogP contribution < -0.4 is 0 Å². The molecule has 0 aromatic carbocycles. The average molecular weight is 210 g/mol. The summed E-state index contributed by atoms with van der Waals surface area (Å²) in [4.78, 5) is 9.96. The van der Waals surface area contributed by atoms with E-state index in [0.717, 1.165) is 26.1 Å². The number of rotatable bonds is 9. The molecule has 0 bridgehead atoms. The standard InChI is InChI=1S/C10H22O2.CH4.FH/c1-3-5-7-9-11-12-10-8-6-4-2;;/h3-10H2,1-2H3;1H4;1H. The molecule has 0 radical (unpaired) electrons. The van der Waals surface area contributed by atoms with Crippen LogP contribution in [0.1, 0.15) is 59.8 Å². The van der Waals surface area contributed by atoms with Crippen LogP contribution in [0.2, 0.25) is 0 Å². The number of hydrogen-bond acceptors (Lipinski definition) is 2. The first-order valence-electron chi connectivity index (χ1n) is 5.16. The van der Waals surface area contributed by atoms with E-state index >= 15 is 0 Å². The first kappa shape index (κ1) is 19.4. The highest BCUT2D eigenvalue weighted by Gasteiger charge is 1.89. The minimum atomic E-state index is 0. The van der Waals surface area contributed by atoms with E-state index in [9.17, 15) is 0 Å². The predicted molar refractivity (Wildman–Crippen MR) is 60.2 cm³/mol. The van der Waals surface area contributed by atoms with Crippen LogP contribution in [0.5, 0.6) is 0 Å². The lowest BCUT2D eigenvalue weighted by Crippen LogP contribution is -1.98. The van der Waals surface area contributed by atoms with Crippen LogP contribution in [0, 0.1) is 0 Å². The van der Waals surface area contributed by atoms with Crippen molar-refractivity contribution in [3.8, 4) is 0 Å². The SMILES string of the molecule is C.CCCCCOOCCCCC.F. The minimum Gasteiger partial charge on any atom is -0.269 e. The third kappa shape index (κ3) is 17.8. The topological polar surface area (TPSA) is 18.5 Å². The fourth-order valence-electron chi connectivity index (χ4n) is 0.940. The van der Waals surface area contributed by atoms with E-state index in [-0.39, 0.29) is 12.1 Å². The van der Waals surface area contributed by atoms with E-state index in [1.54, 1.807) is 0 Å². The Labute approximate surface area is 88.3 Å². The molecule has 0 atom stereocenters. The van der Waals surface area contributed by atoms with Crippen LogP contribution in [0.25, 0.3) is 0 Å². The van der Waals surface area contributed by atoms with Gasteiger partial charge < -0.3 is 0 Å². The molecule has 0 aliphatic rings. The molecule has 14 heavy (non-hydrogen) atoms. The first-order chi connectivity index (χ1) is 5.91. The van der Waals surface area contributed by atoms with Crippen molar-refractivity contribution < 1.29 is 14.5 Å². The largest absolute Gasteiger partial charge is 0.269 e. The van der Waals surface area contributed by atoms with Crippen molar-refractivity contribution in [1.82, 2.24) is 0 Å². The second kappa shape index (κ2) is 18.6. The highest BCUT2D eigenvalue weighted by molar-refractivity contribution is 4.34. The zero-order valence-corrected chi connectivity index (χ0v) is 8.88. The summed E-state index contributed by atoms with van der Waals surface area (Å²) in [7, 11) is 0. The number of halogens is 1. The van der Waals surface area contributed by atoms with Gasteiger partial charge in [-0.3, -0.25) is 4.70 Å². The Morgan fingerprint density at radius 2 is 1.07 bits per heavy atom. The Morgan fingerprint density at radius 1 is 0.714 bits per heavy atom. The van der Waals surface area contributed by atoms with Gasteiger partial charge in [-0.25, -0.2) is 9.78 Å². The molecule has 0 spiro atoms. The molecule has 0 aliphatic heterocycles. The lowest BCUT2D eigenvalue weighted by atomic mass is 10.3. The van der Waals surface area contributed by atoms with Crippen molar-refractivity contribution in [1.29, 1.82) is 0 Å². The maximum absolute atomic E-state index is 4.98. The highest BCUT2D eigenvalue weighted by atomic mass is 19.0. The highest BCUT2D eigenvalue weighted by Crippen LogP contribution is 1.97. The quantitative estimate of drug-likeness (QED) is 0.324. The van der Waals surface area contributed by atoms with Gasteiger partial charge in [-0.1, -0.05) is 47.0 Å². The van der Waals surface area contributed by atoms with Gasteiger partial charge in [0.25, 0.3) is 0 Å². The van der Waals surface area contributed by atoms with Gasteiger partial charge in [0, 0.05) is 0 Å². The summed E-state index contributed by atoms with van der Waals surface area (Å²) in [5.74, 6) is 0. The summed E-state index contributed by atoms with van der Waals surface area (Å²) < 4.78 is 0. The van der Waals surface area contributed by atoms with Gasteiger partial charge in [-0.05, 0) is 12.8 Å². The third-order valence-corrected chi connectivity index (χ3v) is 1.75. The number of hydrogen-bond donors (Lipinski definition) is 0. The van der Waals surface area contributed by atoms with Gasteiger partial charge in [0.15, 0.2) is 0 Å². The van der Waals surface area contributed by atoms with E-state index in [4.69, 9.17) is 9.78 Å². The molecule has 0 saturated carbocycles. The van der Waals surface area contributed by atoms with E-state index in [1.165, 1.54) is 25.7 Å². The third-order valence-electron chi connectivity index (χ3n) is 1.75. The predicted octanol–water partition coefficient (Wildman–Crippen LogP) is 4.10. The molecule has 3 heteroatoms. The minimum absolute atomic E-state index is 0. The van der Waals surface area contributed by atoms with Crippen molar-refractivity contribution >= 4 is 0 Å². The molecule has 0 aromatic rings. The molecule has 0 saturated heterocycles. The van der Waals surface area contributed by atoms with Gasteiger partial charge in [0.2, 0.25) is 0 Å². The molecular formula is C11H27FO2. The zero-order chi connectivity index (χ0) is 9.07. The Balaban J connectivity index is -0.000000605. The molecule has 0 amide bonds. The molecule has 2 nitrogen and oxygen atoms in total. The summed E-state index contributed by atoms with van der Waals surface area (Å²) >= 11 is 0. The summed E-state index contributed by atoms with van der Waals surface area (Å²) in [5.41, 5.74) is 0. The Hall–Kier alpha value is -0.150. The van der Waals surface area contributed by atoms with E-state index in [0.29, 0.717) is 0 Å². The van der Waals surface area contributed by atoms with E-state index < -0.39 is 0 Å². The maximum atomic E-state index is 4.98. The molecule has 0 rings (SSSR count). The van der Waals surface area contributed by atoms with Gasteiger partial charge in [-0.2, -0.15) is 0 Å². The van der Waals surface area contributed by atoms with Crippen molar-refractivity contribution in [2.45, 2.75) is 59.8 Å². The van der Waals surface area contributed by atoms with Crippen LogP contribution in [-0.4, -0.2) is 13.2 Å². The molecule has 0 fully saturated rings. The lowest BCUT2D eigenvalue weighted by molar-refractivity contribution is -0.295. The molecule has 0 aliphatic carbocycles.